The van der Waals surface area contributed by atoms with Gasteiger partial charge in [0.1, 0.15) is 16.1 Å². The summed E-state index contributed by atoms with van der Waals surface area (Å²) in [6.45, 7) is 0.00362. The largest absolute Gasteiger partial charge is 0.494 e. The maximum absolute atomic E-state index is 13.4. The fourth-order valence-corrected chi connectivity index (χ4v) is 6.60. The van der Waals surface area contributed by atoms with Crippen LogP contribution in [0.4, 0.5) is 29.0 Å². The van der Waals surface area contributed by atoms with Crippen LogP contribution in [0, 0.1) is 0 Å². The number of aromatic nitrogens is 4. The van der Waals surface area contributed by atoms with E-state index < -0.39 is 82.8 Å². The Labute approximate surface area is 293 Å². The quantitative estimate of drug-likeness (QED) is 0.0742. The third-order valence-corrected chi connectivity index (χ3v) is 9.79. The van der Waals surface area contributed by atoms with Crippen LogP contribution >= 0.6 is 11.6 Å². The predicted molar refractivity (Wildman–Crippen MR) is 178 cm³/mol. The van der Waals surface area contributed by atoms with Gasteiger partial charge in [-0.25, -0.2) is 12.6 Å². The van der Waals surface area contributed by atoms with Crippen LogP contribution in [0.1, 0.15) is 22.8 Å². The molecule has 0 bridgehead atoms. The normalized spacial score (nSPS) is 12.2. The van der Waals surface area contributed by atoms with Gasteiger partial charge in [0, 0.05) is 24.3 Å². The Balaban J connectivity index is 1.65. The highest BCUT2D eigenvalue weighted by molar-refractivity contribution is 7.91. The molecule has 0 fully saturated rings. The van der Waals surface area contributed by atoms with E-state index in [0.717, 1.165) is 10.6 Å². The van der Waals surface area contributed by atoms with E-state index in [-0.39, 0.29) is 45.6 Å². The van der Waals surface area contributed by atoms with Crippen molar-refractivity contribution < 1.29 is 48.4 Å². The molecule has 0 aliphatic carbocycles. The van der Waals surface area contributed by atoms with E-state index in [1.165, 1.54) is 49.4 Å². The second-order valence-electron chi connectivity index (χ2n) is 9.91. The second-order valence-corrected chi connectivity index (χ2v) is 14.8. The lowest BCUT2D eigenvalue weighted by Gasteiger charge is -2.16. The van der Waals surface area contributed by atoms with Gasteiger partial charge in [0.25, 0.3) is 21.6 Å². The van der Waals surface area contributed by atoms with Crippen LogP contribution in [0.25, 0.3) is 0 Å². The van der Waals surface area contributed by atoms with Gasteiger partial charge in [0.05, 0.1) is 17.3 Å². The van der Waals surface area contributed by atoms with Crippen molar-refractivity contribution in [3.05, 3.63) is 75.3 Å². The van der Waals surface area contributed by atoms with Crippen molar-refractivity contribution in [3.63, 3.8) is 0 Å². The maximum Gasteiger partial charge on any atom is 0.397 e. The van der Waals surface area contributed by atoms with Gasteiger partial charge in [0.15, 0.2) is 15.5 Å². The number of nitrogens with one attached hydrogen (secondary N) is 2. The van der Waals surface area contributed by atoms with Crippen LogP contribution in [0.3, 0.4) is 0 Å². The summed E-state index contributed by atoms with van der Waals surface area (Å²) in [5.41, 5.74) is 3.12. The number of aromatic hydroxyl groups is 1. The number of benzene rings is 2. The van der Waals surface area contributed by atoms with Gasteiger partial charge in [-0.15, -0.1) is 10.2 Å². The molecular formula is C26H26ClN9O12S3. The highest BCUT2D eigenvalue weighted by Gasteiger charge is 2.26. The molecule has 0 atom stereocenters. The van der Waals surface area contributed by atoms with Crippen LogP contribution in [0.15, 0.2) is 73.3 Å². The Morgan fingerprint density at radius 1 is 0.980 bits per heavy atom. The highest BCUT2D eigenvalue weighted by atomic mass is 35.5. The minimum Gasteiger partial charge on any atom is -0.494 e. The molecule has 0 aliphatic heterocycles. The molecule has 1 amide bonds. The first-order valence-electron chi connectivity index (χ1n) is 13.9. The van der Waals surface area contributed by atoms with Gasteiger partial charge in [-0.1, -0.05) is 12.1 Å². The van der Waals surface area contributed by atoms with Crippen molar-refractivity contribution in [2.75, 3.05) is 23.0 Å². The molecular weight excluding hydrogens is 762 g/mol. The summed E-state index contributed by atoms with van der Waals surface area (Å²) in [5, 5.41) is 23.6. The molecule has 2 aromatic carbocycles. The predicted octanol–water partition coefficient (Wildman–Crippen LogP) is 2.12. The molecule has 7 N–H and O–H groups in total. The Bertz CT molecular complexity index is 2410. The van der Waals surface area contributed by atoms with Crippen LogP contribution in [0.2, 0.25) is 5.28 Å². The fraction of sp³-hybridized carbons (Fsp3) is 0.192. The number of anilines is 3. The Morgan fingerprint density at radius 2 is 1.63 bits per heavy atom. The van der Waals surface area contributed by atoms with Crippen LogP contribution in [-0.2, 0) is 47.6 Å². The molecule has 4 rings (SSSR count). The number of nitrogens with zero attached hydrogens (tertiary/aromatic N) is 6. The number of nitrogens with two attached hydrogens (primary N) is 1. The number of rotatable bonds is 15. The van der Waals surface area contributed by atoms with Crippen molar-refractivity contribution in [3.8, 4) is 5.88 Å². The summed E-state index contributed by atoms with van der Waals surface area (Å²) >= 11 is 6.07. The van der Waals surface area contributed by atoms with E-state index >= 15 is 0 Å². The number of primary amides is 1. The first-order chi connectivity index (χ1) is 23.8. The zero-order chi connectivity index (χ0) is 37.7. The maximum atomic E-state index is 13.4. The van der Waals surface area contributed by atoms with Gasteiger partial charge in [-0.05, 0) is 54.9 Å². The Morgan fingerprint density at radius 3 is 2.24 bits per heavy atom. The lowest BCUT2D eigenvalue weighted by Crippen LogP contribution is -2.27. The number of pyridine rings is 1. The highest BCUT2D eigenvalue weighted by Crippen LogP contribution is 2.31. The molecule has 51 heavy (non-hydrogen) atoms. The molecule has 2 aromatic heterocycles. The van der Waals surface area contributed by atoms with E-state index in [1.54, 1.807) is 0 Å². The van der Waals surface area contributed by atoms with Crippen LogP contribution in [-0.4, -0.2) is 77.3 Å². The van der Waals surface area contributed by atoms with Crippen LogP contribution < -0.4 is 21.9 Å². The van der Waals surface area contributed by atoms with E-state index in [9.17, 15) is 44.5 Å². The molecule has 0 unspecified atom stereocenters. The summed E-state index contributed by atoms with van der Waals surface area (Å²) in [7, 11) is -13.6. The van der Waals surface area contributed by atoms with Crippen LogP contribution in [0.5, 0.6) is 5.88 Å². The number of halogens is 1. The molecule has 0 spiro atoms. The zero-order valence-electron chi connectivity index (χ0n) is 25.8. The summed E-state index contributed by atoms with van der Waals surface area (Å²) in [4.78, 5) is 37.1. The molecule has 2 heterocycles. The van der Waals surface area contributed by atoms with E-state index in [0.29, 0.717) is 0 Å². The number of sulfone groups is 1. The average Bonchev–Trinajstić information content (AvgIpc) is 3.02. The number of carbonyl (C=O) groups is 1. The molecule has 0 radical (unpaired) electrons. The number of hydrogen-bond donors (Lipinski definition) is 6. The Kier molecular flexibility index (Phi) is 11.7. The number of carbonyl (C=O) groups excluding carboxylic acids is 1. The minimum atomic E-state index is -4.82. The number of amides is 1. The summed E-state index contributed by atoms with van der Waals surface area (Å²) in [5.74, 6) is -3.13. The average molecular weight is 788 g/mol. The summed E-state index contributed by atoms with van der Waals surface area (Å²) in [6, 6.07) is 9.96. The summed E-state index contributed by atoms with van der Waals surface area (Å²) < 4.78 is 92.9. The molecule has 0 aliphatic rings. The molecule has 21 nitrogen and oxygen atoms in total. The molecule has 0 saturated carbocycles. The molecule has 272 valence electrons. The van der Waals surface area contributed by atoms with Gasteiger partial charge >= 0.3 is 10.4 Å². The van der Waals surface area contributed by atoms with Crippen molar-refractivity contribution in [1.82, 2.24) is 19.5 Å². The van der Waals surface area contributed by atoms with Crippen molar-refractivity contribution in [1.29, 1.82) is 0 Å². The second kappa shape index (κ2) is 15.4. The third kappa shape index (κ3) is 9.78. The fourth-order valence-electron chi connectivity index (χ4n) is 4.32. The van der Waals surface area contributed by atoms with Gasteiger partial charge in [0.2, 0.25) is 23.1 Å². The van der Waals surface area contributed by atoms with Crippen molar-refractivity contribution >= 4 is 76.8 Å². The first kappa shape index (κ1) is 38.7. The van der Waals surface area contributed by atoms with Crippen molar-refractivity contribution in [2.24, 2.45) is 16.0 Å². The lowest BCUT2D eigenvalue weighted by molar-refractivity contribution is 0.0995. The van der Waals surface area contributed by atoms with Gasteiger partial charge in [-0.2, -0.15) is 31.8 Å². The lowest BCUT2D eigenvalue weighted by atomic mass is 10.1. The third-order valence-electron chi connectivity index (χ3n) is 6.56. The van der Waals surface area contributed by atoms with Gasteiger partial charge < -0.3 is 21.5 Å². The molecule has 4 aromatic rings. The van der Waals surface area contributed by atoms with E-state index in [4.69, 9.17) is 21.9 Å². The van der Waals surface area contributed by atoms with E-state index in [2.05, 4.69) is 40.0 Å². The summed E-state index contributed by atoms with van der Waals surface area (Å²) in [6.07, 6.45) is 0. The topological polar surface area (TPSA) is 325 Å². The number of hydrogen-bond acceptors (Lipinski definition) is 17. The monoisotopic (exact) mass is 787 g/mol. The Hall–Kier alpha value is -5.11. The van der Waals surface area contributed by atoms with Gasteiger partial charge in [-0.3, -0.25) is 23.3 Å². The first-order valence-corrected chi connectivity index (χ1v) is 18.8. The standard InChI is InChI=1S/C26H26ClN9O12S3/c1-2-36-22(38)19(21(28)37)16(20(23(36)39)35-34-17-5-3-4-6-18(17)50(42,43)44)13-29-25-31-24(27)32-26(33-25)30-14-7-9-15(10-8-14)49(40,41)12-11-48-51(45,46)47/h3-10,38H,2,11-13H2,1H3,(H2,28,37)(H,42,43,44)(H,45,46,47)(H2,29,30,31,32,33). The number of azo groups is 1. The smallest absolute Gasteiger partial charge is 0.397 e. The molecule has 25 heteroatoms. The molecule has 0 saturated heterocycles. The van der Waals surface area contributed by atoms with E-state index in [1.807, 2.05) is 0 Å². The minimum absolute atomic E-state index is 0.143. The van der Waals surface area contributed by atoms with Crippen molar-refractivity contribution in [2.45, 2.75) is 29.8 Å². The zero-order valence-corrected chi connectivity index (χ0v) is 29.0. The SMILES string of the molecule is CCn1c(O)c(C(N)=O)c(CNc2nc(Cl)nc(Nc3ccc(S(=O)(=O)CCOS(=O)(=O)O)cc3)n2)c(N=Nc2ccccc2S(=O)(=O)O)c1=O.